The van der Waals surface area contributed by atoms with Crippen LogP contribution in [0.5, 0.6) is 0 Å². The molecule has 0 N–H and O–H groups in total. The molecule has 0 radical (unpaired) electrons. The van der Waals surface area contributed by atoms with E-state index in [0.717, 1.165) is 6.20 Å². The summed E-state index contributed by atoms with van der Waals surface area (Å²) in [5.74, 6) is -0.146. The topological polar surface area (TPSA) is 136 Å². The Balaban J connectivity index is 1.55. The van der Waals surface area contributed by atoms with Gasteiger partial charge in [-0.05, 0) is 6.92 Å². The van der Waals surface area contributed by atoms with Crippen LogP contribution in [0.2, 0.25) is 0 Å². The summed E-state index contributed by atoms with van der Waals surface area (Å²) >= 11 is 0. The quantitative estimate of drug-likeness (QED) is 0.472. The SMILES string of the molecule is Cc1c(S(=O)(=O)N2CCN(C(=O)CCn3cc([N+](=O)[O-])cn3)CC2)cnn1C. The predicted molar refractivity (Wildman–Crippen MR) is 96.8 cm³/mol. The van der Waals surface area contributed by atoms with Gasteiger partial charge in [-0.2, -0.15) is 14.5 Å². The third kappa shape index (κ3) is 3.89. The number of nitrogens with zero attached hydrogens (tertiary/aromatic N) is 7. The zero-order valence-corrected chi connectivity index (χ0v) is 16.4. The standard InChI is InChI=1S/C15H21N7O5S/c1-12-14(10-16-18(12)2)28(26,27)21-7-5-19(6-8-21)15(23)3-4-20-11-13(9-17-20)22(24)25/h9-11H,3-8H2,1-2H3. The maximum atomic E-state index is 12.8. The fourth-order valence-electron chi connectivity index (χ4n) is 2.99. The Kier molecular flexibility index (Phi) is 5.47. The number of rotatable bonds is 6. The molecule has 1 amide bonds. The Morgan fingerprint density at radius 1 is 1.21 bits per heavy atom. The predicted octanol–water partition coefficient (Wildman–Crippen LogP) is -0.244. The van der Waals surface area contributed by atoms with Gasteiger partial charge in [-0.3, -0.25) is 24.3 Å². The number of nitro groups is 1. The lowest BCUT2D eigenvalue weighted by Crippen LogP contribution is -2.50. The Hall–Kier alpha value is -2.80. The van der Waals surface area contributed by atoms with Crippen molar-refractivity contribution in [3.63, 3.8) is 0 Å². The summed E-state index contributed by atoms with van der Waals surface area (Å²) < 4.78 is 29.8. The summed E-state index contributed by atoms with van der Waals surface area (Å²) in [5, 5.41) is 18.5. The molecule has 152 valence electrons. The summed E-state index contributed by atoms with van der Waals surface area (Å²) in [6.07, 6.45) is 3.88. The van der Waals surface area contributed by atoms with E-state index < -0.39 is 14.9 Å². The highest BCUT2D eigenvalue weighted by Crippen LogP contribution is 2.20. The van der Waals surface area contributed by atoms with Crippen LogP contribution in [-0.4, -0.2) is 74.2 Å². The second-order valence-electron chi connectivity index (χ2n) is 6.47. The van der Waals surface area contributed by atoms with E-state index in [-0.39, 0.29) is 55.6 Å². The average molecular weight is 411 g/mol. The maximum absolute atomic E-state index is 12.8. The monoisotopic (exact) mass is 411 g/mol. The first-order valence-corrected chi connectivity index (χ1v) is 10.1. The van der Waals surface area contributed by atoms with E-state index in [0.29, 0.717) is 5.69 Å². The fourth-order valence-corrected chi connectivity index (χ4v) is 4.59. The molecular weight excluding hydrogens is 390 g/mol. The molecule has 3 rings (SSSR count). The first-order chi connectivity index (χ1) is 13.2. The van der Waals surface area contributed by atoms with Gasteiger partial charge in [0.1, 0.15) is 17.3 Å². The Morgan fingerprint density at radius 2 is 1.89 bits per heavy atom. The number of piperazine rings is 1. The van der Waals surface area contributed by atoms with Crippen LogP contribution in [0.1, 0.15) is 12.1 Å². The highest BCUT2D eigenvalue weighted by Gasteiger charge is 2.32. The van der Waals surface area contributed by atoms with E-state index in [1.165, 1.54) is 26.1 Å². The number of sulfonamides is 1. The van der Waals surface area contributed by atoms with E-state index in [9.17, 15) is 23.3 Å². The Labute approximate surface area is 161 Å². The van der Waals surface area contributed by atoms with Crippen LogP contribution < -0.4 is 0 Å². The zero-order valence-electron chi connectivity index (χ0n) is 15.6. The van der Waals surface area contributed by atoms with Gasteiger partial charge in [-0.15, -0.1) is 0 Å². The molecule has 0 bridgehead atoms. The van der Waals surface area contributed by atoms with Gasteiger partial charge in [-0.1, -0.05) is 0 Å². The van der Waals surface area contributed by atoms with Gasteiger partial charge in [0, 0.05) is 46.2 Å². The van der Waals surface area contributed by atoms with E-state index >= 15 is 0 Å². The third-order valence-corrected chi connectivity index (χ3v) is 6.79. The van der Waals surface area contributed by atoms with Gasteiger partial charge >= 0.3 is 5.69 Å². The summed E-state index contributed by atoms with van der Waals surface area (Å²) in [5.41, 5.74) is 0.434. The molecule has 13 heteroatoms. The van der Waals surface area contributed by atoms with Crippen molar-refractivity contribution in [3.05, 3.63) is 34.4 Å². The molecule has 28 heavy (non-hydrogen) atoms. The van der Waals surface area contributed by atoms with Gasteiger partial charge in [0.05, 0.1) is 16.8 Å². The van der Waals surface area contributed by atoms with Crippen LogP contribution in [0.4, 0.5) is 5.69 Å². The number of carbonyl (C=O) groups is 1. The summed E-state index contributed by atoms with van der Waals surface area (Å²) in [4.78, 5) is 24.2. The Morgan fingerprint density at radius 3 is 2.43 bits per heavy atom. The van der Waals surface area contributed by atoms with Crippen LogP contribution in [0.3, 0.4) is 0 Å². The van der Waals surface area contributed by atoms with Crippen LogP contribution in [0.25, 0.3) is 0 Å². The molecule has 1 saturated heterocycles. The molecule has 0 spiro atoms. The van der Waals surface area contributed by atoms with E-state index in [1.807, 2.05) is 0 Å². The van der Waals surface area contributed by atoms with Crippen molar-refractivity contribution in [3.8, 4) is 0 Å². The third-order valence-electron chi connectivity index (χ3n) is 4.78. The van der Waals surface area contributed by atoms with Gasteiger partial charge in [0.15, 0.2) is 0 Å². The maximum Gasteiger partial charge on any atom is 0.306 e. The van der Waals surface area contributed by atoms with Crippen molar-refractivity contribution >= 4 is 21.6 Å². The second kappa shape index (κ2) is 7.67. The minimum absolute atomic E-state index is 0.128. The van der Waals surface area contributed by atoms with Crippen molar-refractivity contribution in [1.29, 1.82) is 0 Å². The molecule has 0 atom stereocenters. The minimum Gasteiger partial charge on any atom is -0.340 e. The van der Waals surface area contributed by atoms with Crippen LogP contribution in [0, 0.1) is 17.0 Å². The highest BCUT2D eigenvalue weighted by molar-refractivity contribution is 7.89. The number of carbonyl (C=O) groups excluding carboxylic acids is 1. The first-order valence-electron chi connectivity index (χ1n) is 8.63. The van der Waals surface area contributed by atoms with E-state index in [2.05, 4.69) is 10.2 Å². The van der Waals surface area contributed by atoms with Gasteiger partial charge in [0.25, 0.3) is 0 Å². The van der Waals surface area contributed by atoms with Crippen molar-refractivity contribution in [1.82, 2.24) is 28.8 Å². The second-order valence-corrected chi connectivity index (χ2v) is 8.38. The molecule has 2 aromatic rings. The molecule has 0 unspecified atom stereocenters. The molecule has 0 aliphatic carbocycles. The molecule has 3 heterocycles. The summed E-state index contributed by atoms with van der Waals surface area (Å²) in [6.45, 7) is 2.90. The number of hydrogen-bond donors (Lipinski definition) is 0. The smallest absolute Gasteiger partial charge is 0.306 e. The Bertz CT molecular complexity index is 988. The zero-order chi connectivity index (χ0) is 20.5. The van der Waals surface area contributed by atoms with Gasteiger partial charge < -0.3 is 4.90 Å². The summed E-state index contributed by atoms with van der Waals surface area (Å²) in [6, 6.07) is 0. The molecule has 0 aromatic carbocycles. The molecule has 1 fully saturated rings. The number of aromatic nitrogens is 4. The highest BCUT2D eigenvalue weighted by atomic mass is 32.2. The van der Waals surface area contributed by atoms with Crippen molar-refractivity contribution in [2.24, 2.45) is 7.05 Å². The van der Waals surface area contributed by atoms with E-state index in [1.54, 1.807) is 18.9 Å². The van der Waals surface area contributed by atoms with Crippen LogP contribution in [0.15, 0.2) is 23.5 Å². The van der Waals surface area contributed by atoms with Crippen LogP contribution >= 0.6 is 0 Å². The van der Waals surface area contributed by atoms with Crippen LogP contribution in [-0.2, 0) is 28.4 Å². The summed E-state index contributed by atoms with van der Waals surface area (Å²) in [7, 11) is -1.97. The molecule has 1 aliphatic rings. The van der Waals surface area contributed by atoms with Gasteiger partial charge in [0.2, 0.25) is 15.9 Å². The molecule has 1 aliphatic heterocycles. The molecule has 2 aromatic heterocycles. The van der Waals surface area contributed by atoms with Crippen molar-refractivity contribution in [2.45, 2.75) is 24.8 Å². The van der Waals surface area contributed by atoms with Crippen molar-refractivity contribution in [2.75, 3.05) is 26.2 Å². The fraction of sp³-hybridized carbons (Fsp3) is 0.533. The molecular formula is C15H21N7O5S. The lowest BCUT2D eigenvalue weighted by atomic mass is 10.3. The first kappa shape index (κ1) is 19.9. The molecule has 12 nitrogen and oxygen atoms in total. The number of hydrogen-bond acceptors (Lipinski definition) is 7. The average Bonchev–Trinajstić information content (AvgIpc) is 3.27. The number of aryl methyl sites for hydroxylation is 2. The lowest BCUT2D eigenvalue weighted by Gasteiger charge is -2.34. The normalized spacial score (nSPS) is 15.7. The lowest BCUT2D eigenvalue weighted by molar-refractivity contribution is -0.385. The molecule has 0 saturated carbocycles. The van der Waals surface area contributed by atoms with Crippen molar-refractivity contribution < 1.29 is 18.1 Å². The van der Waals surface area contributed by atoms with Gasteiger partial charge in [-0.25, -0.2) is 8.42 Å². The number of amides is 1. The minimum atomic E-state index is -3.65. The largest absolute Gasteiger partial charge is 0.340 e. The van der Waals surface area contributed by atoms with E-state index in [4.69, 9.17) is 0 Å².